The van der Waals surface area contributed by atoms with Crippen LogP contribution in [0, 0.1) is 0 Å². The number of aromatic hydroxyl groups is 1. The van der Waals surface area contributed by atoms with Crippen LogP contribution in [0.2, 0.25) is 0 Å². The van der Waals surface area contributed by atoms with Gasteiger partial charge in [0.05, 0.1) is 0 Å². The van der Waals surface area contributed by atoms with Crippen molar-refractivity contribution in [1.82, 2.24) is 5.32 Å². The van der Waals surface area contributed by atoms with E-state index < -0.39 is 0 Å². The molecule has 2 aliphatic carbocycles. The van der Waals surface area contributed by atoms with Gasteiger partial charge in [-0.2, -0.15) is 0 Å². The van der Waals surface area contributed by atoms with Gasteiger partial charge in [0.25, 0.3) is 0 Å². The van der Waals surface area contributed by atoms with Gasteiger partial charge >= 0.3 is 0 Å². The monoisotopic (exact) mass is 217 g/mol. The molecule has 3 rings (SSSR count). The second-order valence-corrected chi connectivity index (χ2v) is 5.15. The van der Waals surface area contributed by atoms with Gasteiger partial charge in [0, 0.05) is 12.1 Å². The summed E-state index contributed by atoms with van der Waals surface area (Å²) < 4.78 is 0. The molecule has 0 radical (unpaired) electrons. The van der Waals surface area contributed by atoms with Crippen LogP contribution in [0.25, 0.3) is 0 Å². The van der Waals surface area contributed by atoms with Crippen molar-refractivity contribution < 1.29 is 5.11 Å². The fourth-order valence-electron chi connectivity index (χ4n) is 2.82. The van der Waals surface area contributed by atoms with E-state index in [1.807, 2.05) is 12.1 Å². The van der Waals surface area contributed by atoms with Crippen molar-refractivity contribution in [3.63, 3.8) is 0 Å². The number of benzene rings is 1. The molecule has 0 amide bonds. The predicted molar refractivity (Wildman–Crippen MR) is 64.7 cm³/mol. The van der Waals surface area contributed by atoms with E-state index in [9.17, 15) is 5.11 Å². The van der Waals surface area contributed by atoms with E-state index in [1.54, 1.807) is 0 Å². The first-order valence-electron chi connectivity index (χ1n) is 6.39. The standard InChI is InChI=1S/C14H19NO/c16-14-6-1-3-10-7-8-12(9-13(10)14)15-11-4-2-5-11/h1,3,6,11-12,15-16H,2,4-5,7-9H2. The summed E-state index contributed by atoms with van der Waals surface area (Å²) in [6, 6.07) is 7.23. The molecule has 2 N–H and O–H groups in total. The van der Waals surface area contributed by atoms with Crippen LogP contribution >= 0.6 is 0 Å². The summed E-state index contributed by atoms with van der Waals surface area (Å²) in [6.45, 7) is 0. The Bertz CT molecular complexity index is 384. The van der Waals surface area contributed by atoms with Crippen molar-refractivity contribution in [2.75, 3.05) is 0 Å². The minimum absolute atomic E-state index is 0.484. The van der Waals surface area contributed by atoms with Gasteiger partial charge in [-0.1, -0.05) is 18.6 Å². The van der Waals surface area contributed by atoms with Crippen molar-refractivity contribution in [3.05, 3.63) is 29.3 Å². The second-order valence-electron chi connectivity index (χ2n) is 5.15. The first-order chi connectivity index (χ1) is 7.83. The Hall–Kier alpha value is -1.02. The van der Waals surface area contributed by atoms with Crippen LogP contribution in [0.1, 0.15) is 36.8 Å². The van der Waals surface area contributed by atoms with Gasteiger partial charge in [0.2, 0.25) is 0 Å². The summed E-state index contributed by atoms with van der Waals surface area (Å²) in [6.07, 6.45) is 7.38. The highest BCUT2D eigenvalue weighted by Crippen LogP contribution is 2.30. The molecule has 1 saturated carbocycles. The number of nitrogens with one attached hydrogen (secondary N) is 1. The lowest BCUT2D eigenvalue weighted by molar-refractivity contribution is 0.288. The quantitative estimate of drug-likeness (QED) is 0.797. The molecule has 0 aliphatic heterocycles. The molecule has 0 bridgehead atoms. The number of hydrogen-bond acceptors (Lipinski definition) is 2. The van der Waals surface area contributed by atoms with E-state index >= 15 is 0 Å². The smallest absolute Gasteiger partial charge is 0.119 e. The molecule has 1 fully saturated rings. The number of phenols is 1. The van der Waals surface area contributed by atoms with Gasteiger partial charge < -0.3 is 10.4 Å². The molecule has 2 heteroatoms. The Labute approximate surface area is 96.7 Å². The number of aryl methyl sites for hydroxylation is 1. The lowest BCUT2D eigenvalue weighted by Crippen LogP contribution is -2.44. The van der Waals surface area contributed by atoms with Crippen molar-refractivity contribution in [3.8, 4) is 5.75 Å². The van der Waals surface area contributed by atoms with Gasteiger partial charge in [0.15, 0.2) is 0 Å². The van der Waals surface area contributed by atoms with Crippen molar-refractivity contribution >= 4 is 0 Å². The van der Waals surface area contributed by atoms with E-state index in [0.29, 0.717) is 11.8 Å². The van der Waals surface area contributed by atoms with Gasteiger partial charge in [-0.3, -0.25) is 0 Å². The fraction of sp³-hybridized carbons (Fsp3) is 0.571. The van der Waals surface area contributed by atoms with Crippen LogP contribution in [-0.2, 0) is 12.8 Å². The number of hydrogen-bond donors (Lipinski definition) is 2. The maximum Gasteiger partial charge on any atom is 0.119 e. The maximum atomic E-state index is 9.85. The summed E-state index contributed by atoms with van der Waals surface area (Å²) >= 11 is 0. The molecule has 0 aromatic heterocycles. The van der Waals surface area contributed by atoms with Gasteiger partial charge in [-0.05, 0) is 49.3 Å². The Kier molecular flexibility index (Phi) is 2.60. The number of rotatable bonds is 2. The fourth-order valence-corrected chi connectivity index (χ4v) is 2.82. The Morgan fingerprint density at radius 3 is 2.75 bits per heavy atom. The van der Waals surface area contributed by atoms with Crippen molar-refractivity contribution in [1.29, 1.82) is 0 Å². The van der Waals surface area contributed by atoms with Crippen LogP contribution in [0.5, 0.6) is 5.75 Å². The first-order valence-corrected chi connectivity index (χ1v) is 6.39. The third kappa shape index (κ3) is 1.82. The molecule has 1 atom stereocenters. The molecule has 1 unspecified atom stereocenters. The van der Waals surface area contributed by atoms with Gasteiger partial charge in [0.1, 0.15) is 5.75 Å². The zero-order valence-electron chi connectivity index (χ0n) is 9.58. The molecule has 86 valence electrons. The third-order valence-electron chi connectivity index (χ3n) is 4.04. The first kappa shape index (κ1) is 10.2. The topological polar surface area (TPSA) is 32.3 Å². The Balaban J connectivity index is 1.72. The summed E-state index contributed by atoms with van der Waals surface area (Å²) in [7, 11) is 0. The van der Waals surface area contributed by atoms with Gasteiger partial charge in [-0.15, -0.1) is 0 Å². The van der Waals surface area contributed by atoms with Crippen LogP contribution < -0.4 is 5.32 Å². The van der Waals surface area contributed by atoms with Crippen molar-refractivity contribution in [2.24, 2.45) is 0 Å². The molecule has 2 aliphatic rings. The normalized spacial score (nSPS) is 24.9. The molecule has 0 saturated heterocycles. The lowest BCUT2D eigenvalue weighted by Gasteiger charge is -2.34. The zero-order chi connectivity index (χ0) is 11.0. The summed E-state index contributed by atoms with van der Waals surface area (Å²) in [5.41, 5.74) is 2.51. The summed E-state index contributed by atoms with van der Waals surface area (Å²) in [4.78, 5) is 0. The minimum Gasteiger partial charge on any atom is -0.508 e. The van der Waals surface area contributed by atoms with E-state index in [2.05, 4.69) is 11.4 Å². The SMILES string of the molecule is Oc1cccc2c1CC(NC1CCC1)CC2. The van der Waals surface area contributed by atoms with E-state index in [-0.39, 0.29) is 0 Å². The predicted octanol–water partition coefficient (Wildman–Crippen LogP) is 2.39. The molecule has 2 nitrogen and oxygen atoms in total. The highest BCUT2D eigenvalue weighted by atomic mass is 16.3. The van der Waals surface area contributed by atoms with Crippen LogP contribution in [0.4, 0.5) is 0 Å². The molecule has 0 heterocycles. The van der Waals surface area contributed by atoms with Crippen molar-refractivity contribution in [2.45, 2.75) is 50.6 Å². The van der Waals surface area contributed by atoms with Gasteiger partial charge in [-0.25, -0.2) is 0 Å². The van der Waals surface area contributed by atoms with Crippen LogP contribution in [-0.4, -0.2) is 17.2 Å². The average molecular weight is 217 g/mol. The highest BCUT2D eigenvalue weighted by molar-refractivity contribution is 5.41. The molecule has 16 heavy (non-hydrogen) atoms. The second kappa shape index (κ2) is 4.10. The van der Waals surface area contributed by atoms with E-state index in [4.69, 9.17) is 0 Å². The third-order valence-corrected chi connectivity index (χ3v) is 4.04. The van der Waals surface area contributed by atoms with Crippen LogP contribution in [0.15, 0.2) is 18.2 Å². The summed E-state index contributed by atoms with van der Waals surface area (Å²) in [5.74, 6) is 0.484. The minimum atomic E-state index is 0.484. The molecule has 1 aromatic rings. The summed E-state index contributed by atoms with van der Waals surface area (Å²) in [5, 5.41) is 13.6. The highest BCUT2D eigenvalue weighted by Gasteiger charge is 2.25. The average Bonchev–Trinajstić information content (AvgIpc) is 2.24. The number of phenolic OH excluding ortho intramolecular Hbond substituents is 1. The zero-order valence-corrected chi connectivity index (χ0v) is 9.58. The van der Waals surface area contributed by atoms with E-state index in [0.717, 1.165) is 18.9 Å². The molecular weight excluding hydrogens is 198 g/mol. The largest absolute Gasteiger partial charge is 0.508 e. The Morgan fingerprint density at radius 1 is 1.12 bits per heavy atom. The Morgan fingerprint density at radius 2 is 2.00 bits per heavy atom. The van der Waals surface area contributed by atoms with E-state index in [1.165, 1.54) is 36.8 Å². The molecular formula is C14H19NO. The van der Waals surface area contributed by atoms with Crippen LogP contribution in [0.3, 0.4) is 0 Å². The molecule has 0 spiro atoms. The molecule has 1 aromatic carbocycles. The lowest BCUT2D eigenvalue weighted by atomic mass is 9.85. The maximum absolute atomic E-state index is 9.85. The number of fused-ring (bicyclic) bond motifs is 1.